The first kappa shape index (κ1) is 13.6. The fourth-order valence-corrected chi connectivity index (χ4v) is 1.14. The zero-order chi connectivity index (χ0) is 13.8. The Labute approximate surface area is 101 Å². The van der Waals surface area contributed by atoms with Crippen LogP contribution in [0.2, 0.25) is 0 Å². The number of allylic oxidation sites excluding steroid dienone is 1. The van der Waals surface area contributed by atoms with Crippen LogP contribution in [0.3, 0.4) is 0 Å². The molecule has 0 radical (unpaired) electrons. The van der Waals surface area contributed by atoms with Gasteiger partial charge in [0.1, 0.15) is 0 Å². The number of aliphatic imine (C=N–C) groups is 1. The standard InChI is InChI=1S/C11H9F3N4/c12-11(13,14)10(9(17)6-16)18-8-3-1-2-7(4-8)5-15/h1-4,6H,16-17H2. The van der Waals surface area contributed by atoms with E-state index >= 15 is 0 Å². The van der Waals surface area contributed by atoms with Crippen molar-refractivity contribution in [2.45, 2.75) is 6.18 Å². The second kappa shape index (κ2) is 5.23. The molecule has 1 aromatic rings. The molecule has 0 fully saturated rings. The van der Waals surface area contributed by atoms with Gasteiger partial charge in [-0.15, -0.1) is 0 Å². The fourth-order valence-electron chi connectivity index (χ4n) is 1.14. The highest BCUT2D eigenvalue weighted by Gasteiger charge is 2.37. The van der Waals surface area contributed by atoms with E-state index in [1.54, 1.807) is 6.07 Å². The van der Waals surface area contributed by atoms with Crippen molar-refractivity contribution < 1.29 is 13.2 Å². The molecule has 1 rings (SSSR count). The molecule has 0 aliphatic rings. The summed E-state index contributed by atoms with van der Waals surface area (Å²) in [7, 11) is 0. The summed E-state index contributed by atoms with van der Waals surface area (Å²) in [6, 6.07) is 7.23. The molecule has 18 heavy (non-hydrogen) atoms. The predicted molar refractivity (Wildman–Crippen MR) is 60.8 cm³/mol. The Morgan fingerprint density at radius 3 is 2.56 bits per heavy atom. The van der Waals surface area contributed by atoms with Gasteiger partial charge in [-0.3, -0.25) is 0 Å². The highest BCUT2D eigenvalue weighted by molar-refractivity contribution is 6.04. The average Bonchev–Trinajstić information content (AvgIpc) is 2.34. The molecule has 0 saturated heterocycles. The van der Waals surface area contributed by atoms with Crippen LogP contribution < -0.4 is 11.5 Å². The molecule has 0 bridgehead atoms. The normalized spacial score (nSPS) is 13.2. The Kier molecular flexibility index (Phi) is 3.94. The third kappa shape index (κ3) is 3.25. The van der Waals surface area contributed by atoms with Crippen LogP contribution in [0.25, 0.3) is 0 Å². The van der Waals surface area contributed by atoms with Gasteiger partial charge < -0.3 is 11.5 Å². The molecule has 0 aromatic heterocycles. The van der Waals surface area contributed by atoms with Crippen molar-refractivity contribution in [3.63, 3.8) is 0 Å². The largest absolute Gasteiger partial charge is 0.435 e. The average molecular weight is 254 g/mol. The number of benzene rings is 1. The smallest absolute Gasteiger partial charge is 0.403 e. The van der Waals surface area contributed by atoms with E-state index in [1.807, 2.05) is 0 Å². The van der Waals surface area contributed by atoms with Crippen LogP contribution in [0.1, 0.15) is 5.56 Å². The molecule has 0 heterocycles. The number of hydrogen-bond donors (Lipinski definition) is 2. The minimum atomic E-state index is -4.72. The Morgan fingerprint density at radius 1 is 1.39 bits per heavy atom. The number of halogens is 3. The maximum absolute atomic E-state index is 12.7. The lowest BCUT2D eigenvalue weighted by Gasteiger charge is -2.10. The van der Waals surface area contributed by atoms with Crippen LogP contribution in [0.5, 0.6) is 0 Å². The summed E-state index contributed by atoms with van der Waals surface area (Å²) in [4.78, 5) is 3.38. The number of hydrogen-bond acceptors (Lipinski definition) is 4. The Bertz CT molecular complexity index is 538. The quantitative estimate of drug-likeness (QED) is 0.790. The summed E-state index contributed by atoms with van der Waals surface area (Å²) < 4.78 is 38.0. The fraction of sp³-hybridized carbons (Fsp3) is 0.0909. The van der Waals surface area contributed by atoms with E-state index in [4.69, 9.17) is 16.7 Å². The van der Waals surface area contributed by atoms with Crippen molar-refractivity contribution in [3.05, 3.63) is 41.7 Å². The summed E-state index contributed by atoms with van der Waals surface area (Å²) in [5.41, 5.74) is 8.31. The molecule has 0 aliphatic heterocycles. The Hall–Kier alpha value is -2.49. The molecule has 0 aliphatic carbocycles. The third-order valence-corrected chi connectivity index (χ3v) is 1.94. The second-order valence-electron chi connectivity index (χ2n) is 3.24. The lowest BCUT2D eigenvalue weighted by molar-refractivity contribution is -0.0582. The van der Waals surface area contributed by atoms with Crippen LogP contribution >= 0.6 is 0 Å². The van der Waals surface area contributed by atoms with Crippen LogP contribution in [-0.2, 0) is 0 Å². The van der Waals surface area contributed by atoms with E-state index in [0.717, 1.165) is 0 Å². The van der Waals surface area contributed by atoms with Crippen LogP contribution in [0, 0.1) is 11.3 Å². The highest BCUT2D eigenvalue weighted by atomic mass is 19.4. The maximum atomic E-state index is 12.7. The van der Waals surface area contributed by atoms with Gasteiger partial charge in [-0.1, -0.05) is 6.07 Å². The van der Waals surface area contributed by atoms with E-state index in [0.29, 0.717) is 6.20 Å². The van der Waals surface area contributed by atoms with Crippen molar-refractivity contribution in [1.82, 2.24) is 0 Å². The van der Waals surface area contributed by atoms with Crippen molar-refractivity contribution in [2.24, 2.45) is 16.5 Å². The zero-order valence-corrected chi connectivity index (χ0v) is 9.07. The maximum Gasteiger partial charge on any atom is 0.435 e. The summed E-state index contributed by atoms with van der Waals surface area (Å²) in [6.07, 6.45) is -4.09. The number of nitrogens with two attached hydrogens (primary N) is 2. The number of rotatable bonds is 2. The van der Waals surface area contributed by atoms with Crippen molar-refractivity contribution in [1.29, 1.82) is 5.26 Å². The van der Waals surface area contributed by atoms with E-state index in [9.17, 15) is 13.2 Å². The molecule has 4 nitrogen and oxygen atoms in total. The number of alkyl halides is 3. The van der Waals surface area contributed by atoms with Gasteiger partial charge in [0.05, 0.1) is 23.0 Å². The SMILES string of the molecule is N#Cc1cccc(N=C(C(N)=CN)C(F)(F)F)c1. The molecule has 94 valence electrons. The van der Waals surface area contributed by atoms with Crippen molar-refractivity contribution in [3.8, 4) is 6.07 Å². The summed E-state index contributed by atoms with van der Waals surface area (Å²) >= 11 is 0. The highest BCUT2D eigenvalue weighted by Crippen LogP contribution is 2.24. The first-order valence-corrected chi connectivity index (χ1v) is 4.72. The van der Waals surface area contributed by atoms with E-state index in [-0.39, 0.29) is 11.3 Å². The van der Waals surface area contributed by atoms with E-state index < -0.39 is 17.6 Å². The third-order valence-electron chi connectivity index (χ3n) is 1.94. The molecule has 0 amide bonds. The Morgan fingerprint density at radius 2 is 2.06 bits per heavy atom. The molecule has 1 aromatic carbocycles. The van der Waals surface area contributed by atoms with Gasteiger partial charge in [0.2, 0.25) is 0 Å². The zero-order valence-electron chi connectivity index (χ0n) is 9.07. The van der Waals surface area contributed by atoms with Crippen LogP contribution in [0.15, 0.2) is 41.2 Å². The minimum Gasteiger partial charge on any atom is -0.403 e. The Balaban J connectivity index is 3.29. The number of nitriles is 1. The topological polar surface area (TPSA) is 88.2 Å². The van der Waals surface area contributed by atoms with Crippen LogP contribution in [-0.4, -0.2) is 11.9 Å². The van der Waals surface area contributed by atoms with Crippen molar-refractivity contribution >= 4 is 11.4 Å². The van der Waals surface area contributed by atoms with Crippen LogP contribution in [0.4, 0.5) is 18.9 Å². The monoisotopic (exact) mass is 254 g/mol. The minimum absolute atomic E-state index is 0.0221. The van der Waals surface area contributed by atoms with Gasteiger partial charge in [0.15, 0.2) is 5.71 Å². The number of nitrogens with zero attached hydrogens (tertiary/aromatic N) is 2. The lowest BCUT2D eigenvalue weighted by Crippen LogP contribution is -2.29. The summed E-state index contributed by atoms with van der Waals surface area (Å²) in [5, 5.41) is 8.63. The molecule has 0 atom stereocenters. The first-order valence-electron chi connectivity index (χ1n) is 4.72. The molecular formula is C11H9F3N4. The summed E-state index contributed by atoms with van der Waals surface area (Å²) in [6.45, 7) is 0. The molecular weight excluding hydrogens is 245 g/mol. The molecule has 0 spiro atoms. The van der Waals surface area contributed by atoms with Gasteiger partial charge >= 0.3 is 6.18 Å². The molecule has 4 N–H and O–H groups in total. The van der Waals surface area contributed by atoms with E-state index in [2.05, 4.69) is 4.99 Å². The molecule has 7 heteroatoms. The van der Waals surface area contributed by atoms with Gasteiger partial charge in [0, 0.05) is 6.20 Å². The predicted octanol–water partition coefficient (Wildman–Crippen LogP) is 1.95. The second-order valence-corrected chi connectivity index (χ2v) is 3.24. The summed E-state index contributed by atoms with van der Waals surface area (Å²) in [5.74, 6) is 0. The van der Waals surface area contributed by atoms with E-state index in [1.165, 1.54) is 24.3 Å². The van der Waals surface area contributed by atoms with Gasteiger partial charge in [-0.2, -0.15) is 18.4 Å². The first-order chi connectivity index (χ1) is 8.38. The molecule has 0 unspecified atom stereocenters. The van der Waals surface area contributed by atoms with Crippen molar-refractivity contribution in [2.75, 3.05) is 0 Å². The lowest BCUT2D eigenvalue weighted by atomic mass is 10.2. The molecule has 0 saturated carbocycles. The van der Waals surface area contributed by atoms with Gasteiger partial charge in [-0.25, -0.2) is 4.99 Å². The van der Waals surface area contributed by atoms with Gasteiger partial charge in [-0.05, 0) is 18.2 Å². The van der Waals surface area contributed by atoms with Gasteiger partial charge in [0.25, 0.3) is 0 Å².